The molecule has 0 fully saturated rings. The number of aliphatic carboxylic acids is 1. The third-order valence-corrected chi connectivity index (χ3v) is 5.61. The molecule has 0 saturated heterocycles. The summed E-state index contributed by atoms with van der Waals surface area (Å²) in [5, 5.41) is 20.9. The van der Waals surface area contributed by atoms with E-state index in [2.05, 4.69) is 0 Å². The lowest BCUT2D eigenvalue weighted by molar-refractivity contribution is -0.146. The minimum atomic E-state index is -1.58. The largest absolute Gasteiger partial charge is 0.497 e. The second-order valence-corrected chi connectivity index (χ2v) is 6.95. The van der Waals surface area contributed by atoms with Crippen LogP contribution in [0, 0.1) is 0 Å². The summed E-state index contributed by atoms with van der Waals surface area (Å²) in [5.74, 6) is -0.621. The zero-order valence-corrected chi connectivity index (χ0v) is 14.9. The van der Waals surface area contributed by atoms with Crippen molar-refractivity contribution in [3.63, 3.8) is 0 Å². The molecule has 6 heteroatoms. The van der Waals surface area contributed by atoms with E-state index in [-0.39, 0.29) is 0 Å². The van der Waals surface area contributed by atoms with Crippen LogP contribution in [0.25, 0.3) is 10.8 Å². The second-order valence-electron chi connectivity index (χ2n) is 5.80. The number of ether oxygens (including phenoxy) is 1. The smallest absolute Gasteiger partial charge is 0.334 e. The quantitative estimate of drug-likeness (QED) is 0.453. The number of thioether (sulfide) groups is 1. The van der Waals surface area contributed by atoms with E-state index >= 15 is 0 Å². The van der Waals surface area contributed by atoms with E-state index in [4.69, 9.17) is 10.5 Å². The summed E-state index contributed by atoms with van der Waals surface area (Å²) < 4.78 is 5.15. The number of aliphatic hydroxyl groups excluding tert-OH is 1. The molecule has 26 heavy (non-hydrogen) atoms. The van der Waals surface area contributed by atoms with Crippen LogP contribution in [0.15, 0.2) is 65.6 Å². The van der Waals surface area contributed by atoms with Crippen molar-refractivity contribution in [2.75, 3.05) is 12.8 Å². The molecule has 4 N–H and O–H groups in total. The lowest BCUT2D eigenvalue weighted by Gasteiger charge is -2.22. The Hall–Kier alpha value is -2.70. The molecule has 5 nitrogen and oxygen atoms in total. The average Bonchev–Trinajstić information content (AvgIpc) is 2.67. The summed E-state index contributed by atoms with van der Waals surface area (Å²) in [6, 6.07) is 18.4. The summed E-state index contributed by atoms with van der Waals surface area (Å²) in [7, 11) is 1.56. The minimum Gasteiger partial charge on any atom is -0.497 e. The number of methoxy groups -OCH3 is 1. The molecule has 3 aromatic rings. The van der Waals surface area contributed by atoms with Crippen LogP contribution in [0.4, 0.5) is 5.69 Å². The average molecular weight is 369 g/mol. The molecular weight excluding hydrogens is 350 g/mol. The molecule has 2 unspecified atom stereocenters. The number of nitrogen functional groups attached to an aromatic ring is 1. The fourth-order valence-corrected chi connectivity index (χ4v) is 4.07. The molecule has 0 heterocycles. The highest BCUT2D eigenvalue weighted by molar-refractivity contribution is 8.00. The topological polar surface area (TPSA) is 92.8 Å². The van der Waals surface area contributed by atoms with Gasteiger partial charge in [0.05, 0.1) is 12.4 Å². The monoisotopic (exact) mass is 369 g/mol. The molecule has 0 bridgehead atoms. The third kappa shape index (κ3) is 3.61. The Bertz CT molecular complexity index is 927. The van der Waals surface area contributed by atoms with Crippen LogP contribution in [-0.4, -0.2) is 29.4 Å². The van der Waals surface area contributed by atoms with Crippen LogP contribution in [0.1, 0.15) is 10.8 Å². The van der Waals surface area contributed by atoms with Gasteiger partial charge in [-0.15, -0.1) is 11.8 Å². The van der Waals surface area contributed by atoms with Crippen molar-refractivity contribution in [2.24, 2.45) is 0 Å². The first-order valence-corrected chi connectivity index (χ1v) is 8.88. The number of fused-ring (bicyclic) bond motifs is 1. The number of anilines is 1. The number of aliphatic hydroxyl groups is 1. The molecule has 3 aromatic carbocycles. The van der Waals surface area contributed by atoms with Gasteiger partial charge >= 0.3 is 5.97 Å². The molecule has 0 aliphatic rings. The maximum absolute atomic E-state index is 11.5. The molecule has 134 valence electrons. The SMILES string of the molecule is COc1ccc(C(Sc2c(N)ccc3ccccc23)C(O)C(=O)O)cc1. The van der Waals surface area contributed by atoms with Crippen LogP contribution >= 0.6 is 11.8 Å². The molecule has 3 rings (SSSR count). The van der Waals surface area contributed by atoms with E-state index in [0.29, 0.717) is 17.0 Å². The number of nitrogens with two attached hydrogens (primary N) is 1. The Morgan fingerprint density at radius 2 is 1.77 bits per heavy atom. The highest BCUT2D eigenvalue weighted by atomic mass is 32.2. The van der Waals surface area contributed by atoms with Gasteiger partial charge in [-0.3, -0.25) is 0 Å². The molecule has 2 atom stereocenters. The summed E-state index contributed by atoms with van der Waals surface area (Å²) in [4.78, 5) is 12.2. The first-order chi connectivity index (χ1) is 12.5. The number of hydrogen-bond acceptors (Lipinski definition) is 5. The number of carbonyl (C=O) groups is 1. The maximum Gasteiger partial charge on any atom is 0.334 e. The Morgan fingerprint density at radius 1 is 1.08 bits per heavy atom. The van der Waals surface area contributed by atoms with Crippen LogP contribution in [0.3, 0.4) is 0 Å². The van der Waals surface area contributed by atoms with Crippen molar-refractivity contribution in [2.45, 2.75) is 16.2 Å². The molecule has 0 saturated carbocycles. The summed E-state index contributed by atoms with van der Waals surface area (Å²) in [6.07, 6.45) is -1.58. The van der Waals surface area contributed by atoms with Gasteiger partial charge in [-0.1, -0.05) is 42.5 Å². The van der Waals surface area contributed by atoms with Crippen molar-refractivity contribution in [3.8, 4) is 5.75 Å². The highest BCUT2D eigenvalue weighted by Crippen LogP contribution is 2.44. The zero-order chi connectivity index (χ0) is 18.7. The zero-order valence-electron chi connectivity index (χ0n) is 14.1. The molecule has 0 aliphatic heterocycles. The maximum atomic E-state index is 11.5. The van der Waals surface area contributed by atoms with E-state index in [1.54, 1.807) is 37.4 Å². The van der Waals surface area contributed by atoms with Gasteiger partial charge in [0.25, 0.3) is 0 Å². The van der Waals surface area contributed by atoms with Crippen molar-refractivity contribution in [1.82, 2.24) is 0 Å². The number of carboxylic acid groups (broad SMARTS) is 1. The van der Waals surface area contributed by atoms with E-state index in [0.717, 1.165) is 15.7 Å². The summed E-state index contributed by atoms with van der Waals surface area (Å²) >= 11 is 1.25. The van der Waals surface area contributed by atoms with Gasteiger partial charge in [0, 0.05) is 10.6 Å². The van der Waals surface area contributed by atoms with Gasteiger partial charge < -0.3 is 20.7 Å². The number of hydrogen-bond donors (Lipinski definition) is 3. The van der Waals surface area contributed by atoms with Gasteiger partial charge in [-0.2, -0.15) is 0 Å². The van der Waals surface area contributed by atoms with Crippen molar-refractivity contribution in [1.29, 1.82) is 0 Å². The summed E-state index contributed by atoms with van der Waals surface area (Å²) in [6.45, 7) is 0. The van der Waals surface area contributed by atoms with Crippen LogP contribution in [0.2, 0.25) is 0 Å². The second kappa shape index (κ2) is 7.68. The van der Waals surface area contributed by atoms with Crippen molar-refractivity contribution in [3.05, 3.63) is 66.2 Å². The molecule has 0 radical (unpaired) electrons. The predicted molar refractivity (Wildman–Crippen MR) is 104 cm³/mol. The lowest BCUT2D eigenvalue weighted by atomic mass is 10.1. The number of rotatable bonds is 6. The standard InChI is InChI=1S/C20H19NO4S/c1-25-14-9-6-13(7-10-14)18(17(22)20(23)24)26-19-15-5-3-2-4-12(15)8-11-16(19)21/h2-11,17-18,22H,21H2,1H3,(H,23,24). The van der Waals surface area contributed by atoms with Crippen molar-refractivity contribution >= 4 is 34.2 Å². The molecule has 0 aliphatic carbocycles. The van der Waals surface area contributed by atoms with Crippen LogP contribution in [-0.2, 0) is 4.79 Å². The summed E-state index contributed by atoms with van der Waals surface area (Å²) in [5.41, 5.74) is 7.39. The molecular formula is C20H19NO4S. The van der Waals surface area contributed by atoms with Crippen LogP contribution < -0.4 is 10.5 Å². The molecule has 0 amide bonds. The number of benzene rings is 3. The van der Waals surface area contributed by atoms with E-state index in [1.165, 1.54) is 11.8 Å². The Morgan fingerprint density at radius 3 is 2.42 bits per heavy atom. The van der Waals surface area contributed by atoms with Gasteiger partial charge in [0.2, 0.25) is 0 Å². The van der Waals surface area contributed by atoms with E-state index in [1.807, 2.05) is 30.3 Å². The van der Waals surface area contributed by atoms with Crippen molar-refractivity contribution < 1.29 is 19.7 Å². The van der Waals surface area contributed by atoms with Gasteiger partial charge in [0.1, 0.15) is 5.75 Å². The molecule has 0 aromatic heterocycles. The lowest BCUT2D eigenvalue weighted by Crippen LogP contribution is -2.26. The molecule has 0 spiro atoms. The third-order valence-electron chi connectivity index (χ3n) is 4.14. The van der Waals surface area contributed by atoms with Gasteiger partial charge in [0.15, 0.2) is 6.10 Å². The Kier molecular flexibility index (Phi) is 5.35. The number of carboxylic acids is 1. The Balaban J connectivity index is 2.06. The minimum absolute atomic E-state index is 0.546. The fourth-order valence-electron chi connectivity index (χ4n) is 2.76. The first-order valence-electron chi connectivity index (χ1n) is 8.00. The van der Waals surface area contributed by atoms with E-state index in [9.17, 15) is 15.0 Å². The van der Waals surface area contributed by atoms with Gasteiger partial charge in [-0.05, 0) is 34.5 Å². The Labute approximate surface area is 155 Å². The predicted octanol–water partition coefficient (Wildman–Crippen LogP) is 3.71. The van der Waals surface area contributed by atoms with Gasteiger partial charge in [-0.25, -0.2) is 4.79 Å². The normalized spacial score (nSPS) is 13.3. The first kappa shape index (κ1) is 18.1. The highest BCUT2D eigenvalue weighted by Gasteiger charge is 2.29. The fraction of sp³-hybridized carbons (Fsp3) is 0.150. The van der Waals surface area contributed by atoms with Crippen LogP contribution in [0.5, 0.6) is 5.75 Å². The van der Waals surface area contributed by atoms with E-state index < -0.39 is 17.3 Å².